The maximum Gasteiger partial charge on any atom is 0.458 e. The van der Waals surface area contributed by atoms with Crippen LogP contribution in [0.2, 0.25) is 0 Å². The molecule has 1 atom stereocenters. The van der Waals surface area contributed by atoms with E-state index in [1.165, 1.54) is 11.3 Å². The summed E-state index contributed by atoms with van der Waals surface area (Å²) < 4.78 is 39.8. The molecule has 0 fully saturated rings. The minimum Gasteiger partial charge on any atom is -0.350 e. The molecule has 1 unspecified atom stereocenters. The van der Waals surface area contributed by atoms with Gasteiger partial charge in [-0.25, -0.2) is 0 Å². The predicted octanol–water partition coefficient (Wildman–Crippen LogP) is 3.01. The Morgan fingerprint density at radius 3 is 2.73 bits per heavy atom. The lowest BCUT2D eigenvalue weighted by atomic mass is 10.1. The molecule has 0 aromatic carbocycles. The van der Waals surface area contributed by atoms with E-state index in [-0.39, 0.29) is 5.71 Å². The Morgan fingerprint density at radius 2 is 2.14 bits per heavy atom. The molecule has 9 heteroatoms. The van der Waals surface area contributed by atoms with Crippen LogP contribution < -0.4 is 0 Å². The van der Waals surface area contributed by atoms with Crippen molar-refractivity contribution in [3.63, 3.8) is 0 Å². The quantitative estimate of drug-likeness (QED) is 0.940. The van der Waals surface area contributed by atoms with Gasteiger partial charge in [-0.05, 0) is 19.1 Å². The number of rotatable bonds is 3. The van der Waals surface area contributed by atoms with E-state index in [1.807, 2.05) is 13.1 Å². The summed E-state index contributed by atoms with van der Waals surface area (Å²) in [5.74, 6) is -3.24. The minimum absolute atomic E-state index is 0.0824. The number of nitrogens with zero attached hydrogens (tertiary/aromatic N) is 3. The Bertz CT molecular complexity index is 722. The number of halogens is 3. The second-order valence-corrected chi connectivity index (χ2v) is 5.92. The van der Waals surface area contributed by atoms with Gasteiger partial charge in [-0.1, -0.05) is 5.16 Å². The molecule has 0 aliphatic carbocycles. The zero-order valence-electron chi connectivity index (χ0n) is 11.5. The first-order valence-corrected chi connectivity index (χ1v) is 7.31. The Hall–Kier alpha value is -1.87. The van der Waals surface area contributed by atoms with E-state index >= 15 is 0 Å². The minimum atomic E-state index is -4.89. The molecule has 0 saturated carbocycles. The monoisotopic (exact) mass is 331 g/mol. The van der Waals surface area contributed by atoms with E-state index in [4.69, 9.17) is 0 Å². The van der Waals surface area contributed by atoms with Crippen LogP contribution in [-0.4, -0.2) is 32.6 Å². The summed E-state index contributed by atoms with van der Waals surface area (Å²) in [6.45, 7) is 2.69. The third kappa shape index (κ3) is 2.50. The number of hydrogen-bond acceptors (Lipinski definition) is 5. The van der Waals surface area contributed by atoms with Gasteiger partial charge in [0.1, 0.15) is 5.71 Å². The normalized spacial score (nSPS) is 21.8. The Balaban J connectivity index is 1.81. The van der Waals surface area contributed by atoms with E-state index in [2.05, 4.69) is 15.1 Å². The maximum atomic E-state index is 12.7. The molecule has 3 rings (SSSR count). The van der Waals surface area contributed by atoms with Gasteiger partial charge in [-0.3, -0.25) is 4.68 Å². The van der Waals surface area contributed by atoms with Gasteiger partial charge in [0, 0.05) is 23.2 Å². The van der Waals surface area contributed by atoms with Crippen LogP contribution in [0.4, 0.5) is 13.2 Å². The molecule has 1 aliphatic rings. The lowest BCUT2D eigenvalue weighted by molar-refractivity contribution is -0.355. The van der Waals surface area contributed by atoms with Crippen LogP contribution in [0.15, 0.2) is 29.7 Å². The molecule has 0 amide bonds. The zero-order chi connectivity index (χ0) is 16.0. The molecule has 1 N–H and O–H groups in total. The lowest BCUT2D eigenvalue weighted by Crippen LogP contribution is -2.45. The van der Waals surface area contributed by atoms with Crippen LogP contribution >= 0.6 is 11.3 Å². The van der Waals surface area contributed by atoms with E-state index in [0.717, 1.165) is 17.0 Å². The van der Waals surface area contributed by atoms with Crippen LogP contribution in [0.25, 0.3) is 10.4 Å². The highest BCUT2D eigenvalue weighted by Gasteiger charge is 2.60. The van der Waals surface area contributed by atoms with Crippen molar-refractivity contribution >= 4 is 17.0 Å². The molecule has 2 aromatic heterocycles. The second-order valence-electron chi connectivity index (χ2n) is 4.84. The number of alkyl halides is 3. The zero-order valence-corrected chi connectivity index (χ0v) is 12.3. The number of hydrogen-bond donors (Lipinski definition) is 1. The number of aryl methyl sites for hydroxylation is 1. The standard InChI is InChI=1S/C13H12F3N3O2S/c1-2-19-7-8(6-17-19)10-3-4-11(22-10)9-5-12(20,21-18-9)13(14,15)16/h3-4,6-7,20H,2,5H2,1H3. The summed E-state index contributed by atoms with van der Waals surface area (Å²) in [5.41, 5.74) is 0.961. The van der Waals surface area contributed by atoms with Crippen molar-refractivity contribution in [2.75, 3.05) is 0 Å². The Labute approximate surface area is 127 Å². The molecule has 0 saturated heterocycles. The molecule has 22 heavy (non-hydrogen) atoms. The van der Waals surface area contributed by atoms with E-state index < -0.39 is 18.4 Å². The van der Waals surface area contributed by atoms with Crippen LogP contribution in [-0.2, 0) is 11.4 Å². The summed E-state index contributed by atoms with van der Waals surface area (Å²) in [7, 11) is 0. The Kier molecular flexibility index (Phi) is 3.48. The van der Waals surface area contributed by atoms with Crippen molar-refractivity contribution in [2.24, 2.45) is 5.16 Å². The van der Waals surface area contributed by atoms with Crippen molar-refractivity contribution in [3.05, 3.63) is 29.4 Å². The number of oxime groups is 1. The molecular weight excluding hydrogens is 319 g/mol. The lowest BCUT2D eigenvalue weighted by Gasteiger charge is -2.22. The molecule has 118 valence electrons. The van der Waals surface area contributed by atoms with Gasteiger partial charge in [0.2, 0.25) is 0 Å². The fraction of sp³-hybridized carbons (Fsp3) is 0.385. The number of aliphatic hydroxyl groups is 1. The highest BCUT2D eigenvalue weighted by atomic mass is 32.1. The van der Waals surface area contributed by atoms with Gasteiger partial charge < -0.3 is 9.94 Å². The first-order chi connectivity index (χ1) is 10.3. The van der Waals surface area contributed by atoms with E-state index in [0.29, 0.717) is 4.88 Å². The van der Waals surface area contributed by atoms with Crippen LogP contribution in [0.1, 0.15) is 18.2 Å². The first-order valence-electron chi connectivity index (χ1n) is 6.49. The summed E-state index contributed by atoms with van der Waals surface area (Å²) in [6, 6.07) is 3.44. The van der Waals surface area contributed by atoms with Crippen molar-refractivity contribution in [1.82, 2.24) is 9.78 Å². The Morgan fingerprint density at radius 1 is 1.41 bits per heavy atom. The van der Waals surface area contributed by atoms with Crippen molar-refractivity contribution in [3.8, 4) is 10.4 Å². The SMILES string of the molecule is CCn1cc(-c2ccc(C3=NOC(O)(C(F)(F)F)C3)s2)cn1. The van der Waals surface area contributed by atoms with Crippen molar-refractivity contribution < 1.29 is 23.1 Å². The number of aromatic nitrogens is 2. The van der Waals surface area contributed by atoms with Crippen LogP contribution in [0, 0.1) is 0 Å². The molecule has 0 radical (unpaired) electrons. The highest BCUT2D eigenvalue weighted by Crippen LogP contribution is 2.40. The smallest absolute Gasteiger partial charge is 0.350 e. The molecule has 0 bridgehead atoms. The molecule has 2 aromatic rings. The number of thiophene rings is 1. The highest BCUT2D eigenvalue weighted by molar-refractivity contribution is 7.17. The summed E-state index contributed by atoms with van der Waals surface area (Å²) in [6.07, 6.45) is -2.06. The van der Waals surface area contributed by atoms with Gasteiger partial charge in [0.15, 0.2) is 0 Å². The molecule has 3 heterocycles. The third-order valence-electron chi connectivity index (χ3n) is 3.29. The fourth-order valence-electron chi connectivity index (χ4n) is 2.02. The van der Waals surface area contributed by atoms with Crippen molar-refractivity contribution in [2.45, 2.75) is 31.9 Å². The van der Waals surface area contributed by atoms with Gasteiger partial charge >= 0.3 is 12.0 Å². The summed E-state index contributed by atoms with van der Waals surface area (Å²) in [5, 5.41) is 17.0. The molecule has 0 spiro atoms. The van der Waals surface area contributed by atoms with Crippen LogP contribution in [0.3, 0.4) is 0 Å². The first kappa shape index (κ1) is 15.0. The van der Waals surface area contributed by atoms with Gasteiger partial charge in [-0.15, -0.1) is 11.3 Å². The van der Waals surface area contributed by atoms with Gasteiger partial charge in [-0.2, -0.15) is 18.3 Å². The van der Waals surface area contributed by atoms with E-state index in [9.17, 15) is 18.3 Å². The topological polar surface area (TPSA) is 59.6 Å². The molecule has 1 aliphatic heterocycles. The summed E-state index contributed by atoms with van der Waals surface area (Å²) in [4.78, 5) is 5.61. The van der Waals surface area contributed by atoms with Gasteiger partial charge in [0.05, 0.1) is 17.5 Å². The second kappa shape index (κ2) is 5.10. The van der Waals surface area contributed by atoms with Crippen LogP contribution in [0.5, 0.6) is 0 Å². The average Bonchev–Trinajstić information content (AvgIpc) is 3.16. The van der Waals surface area contributed by atoms with Gasteiger partial charge in [0.25, 0.3) is 0 Å². The predicted molar refractivity (Wildman–Crippen MR) is 74.5 cm³/mol. The molecule has 5 nitrogen and oxygen atoms in total. The fourth-order valence-corrected chi connectivity index (χ4v) is 2.98. The maximum absolute atomic E-state index is 12.7. The van der Waals surface area contributed by atoms with Crippen molar-refractivity contribution in [1.29, 1.82) is 0 Å². The molecular formula is C13H12F3N3O2S. The largest absolute Gasteiger partial charge is 0.458 e. The van der Waals surface area contributed by atoms with E-state index in [1.54, 1.807) is 23.0 Å². The average molecular weight is 331 g/mol. The third-order valence-corrected chi connectivity index (χ3v) is 4.47. The summed E-state index contributed by atoms with van der Waals surface area (Å²) >= 11 is 1.28.